The predicted molar refractivity (Wildman–Crippen MR) is 52.3 cm³/mol. The molecule has 0 fully saturated rings. The number of carbonyl (C=O) groups excluding carboxylic acids is 2. The Bertz CT molecular complexity index is 365. The topological polar surface area (TPSA) is 37.4 Å². The van der Waals surface area contributed by atoms with Crippen molar-refractivity contribution in [2.45, 2.75) is 19.8 Å². The molecule has 0 bridgehead atoms. The summed E-state index contributed by atoms with van der Waals surface area (Å²) in [5, 5.41) is 0. The molecule has 3 heteroatoms. The Morgan fingerprint density at radius 1 is 1.36 bits per heavy atom. The largest absolute Gasteiger partial charge is 0.278 e. The number of allylic oxidation sites excluding steroid dienone is 1. The number of likely N-dealkylation sites (N-methyl/N-ethyl adjacent to an activating group) is 1. The van der Waals surface area contributed by atoms with E-state index in [0.717, 1.165) is 12.8 Å². The Labute approximate surface area is 83.1 Å². The van der Waals surface area contributed by atoms with Crippen LogP contribution in [0.3, 0.4) is 0 Å². The van der Waals surface area contributed by atoms with E-state index in [2.05, 4.69) is 6.92 Å². The maximum absolute atomic E-state index is 11.6. The maximum Gasteiger partial charge on any atom is 0.260 e. The van der Waals surface area contributed by atoms with Gasteiger partial charge in [0.1, 0.15) is 0 Å². The highest BCUT2D eigenvalue weighted by Gasteiger charge is 2.34. The van der Waals surface area contributed by atoms with Crippen LogP contribution in [0, 0.1) is 5.92 Å². The third-order valence-electron chi connectivity index (χ3n) is 2.86. The smallest absolute Gasteiger partial charge is 0.260 e. The molecule has 1 aliphatic heterocycles. The molecule has 0 aromatic heterocycles. The summed E-state index contributed by atoms with van der Waals surface area (Å²) in [6, 6.07) is 0. The molecule has 1 unspecified atom stereocenters. The number of imide groups is 1. The van der Waals surface area contributed by atoms with Gasteiger partial charge in [0.05, 0.1) is 0 Å². The SMILES string of the molecule is CC1C=CC2=C(CC1)C(=O)N(C)C2=O. The molecule has 2 aliphatic rings. The Morgan fingerprint density at radius 2 is 2.07 bits per heavy atom. The minimum absolute atomic E-state index is 0.122. The van der Waals surface area contributed by atoms with Crippen LogP contribution in [0.25, 0.3) is 0 Å². The van der Waals surface area contributed by atoms with E-state index < -0.39 is 0 Å². The Balaban J connectivity index is 2.41. The van der Waals surface area contributed by atoms with E-state index in [-0.39, 0.29) is 11.8 Å². The summed E-state index contributed by atoms with van der Waals surface area (Å²) in [7, 11) is 1.54. The summed E-state index contributed by atoms with van der Waals surface area (Å²) < 4.78 is 0. The molecule has 0 N–H and O–H groups in total. The molecule has 0 saturated heterocycles. The van der Waals surface area contributed by atoms with Crippen molar-refractivity contribution in [2.24, 2.45) is 5.92 Å². The maximum atomic E-state index is 11.6. The third kappa shape index (κ3) is 1.20. The molecule has 1 heterocycles. The van der Waals surface area contributed by atoms with Gasteiger partial charge >= 0.3 is 0 Å². The fourth-order valence-electron chi connectivity index (χ4n) is 1.86. The first-order chi connectivity index (χ1) is 6.61. The van der Waals surface area contributed by atoms with Crippen LogP contribution >= 0.6 is 0 Å². The van der Waals surface area contributed by atoms with E-state index in [0.29, 0.717) is 17.1 Å². The first-order valence-electron chi connectivity index (χ1n) is 4.85. The fourth-order valence-corrected chi connectivity index (χ4v) is 1.86. The van der Waals surface area contributed by atoms with E-state index in [1.807, 2.05) is 6.08 Å². The van der Waals surface area contributed by atoms with Crippen molar-refractivity contribution in [3.63, 3.8) is 0 Å². The minimum Gasteiger partial charge on any atom is -0.278 e. The van der Waals surface area contributed by atoms with E-state index in [4.69, 9.17) is 0 Å². The van der Waals surface area contributed by atoms with Crippen molar-refractivity contribution < 1.29 is 9.59 Å². The van der Waals surface area contributed by atoms with Gasteiger partial charge in [0.15, 0.2) is 0 Å². The van der Waals surface area contributed by atoms with Crippen molar-refractivity contribution in [2.75, 3.05) is 7.05 Å². The van der Waals surface area contributed by atoms with Gasteiger partial charge in [-0.05, 0) is 18.8 Å². The Morgan fingerprint density at radius 3 is 2.79 bits per heavy atom. The van der Waals surface area contributed by atoms with Crippen LogP contribution in [0.2, 0.25) is 0 Å². The lowest BCUT2D eigenvalue weighted by atomic mass is 10.0. The fraction of sp³-hybridized carbons (Fsp3) is 0.455. The average Bonchev–Trinajstić information content (AvgIpc) is 2.34. The van der Waals surface area contributed by atoms with Gasteiger partial charge < -0.3 is 0 Å². The van der Waals surface area contributed by atoms with E-state index in [1.165, 1.54) is 11.9 Å². The number of carbonyl (C=O) groups is 2. The highest BCUT2D eigenvalue weighted by molar-refractivity contribution is 6.20. The molecule has 0 saturated carbocycles. The highest BCUT2D eigenvalue weighted by Crippen LogP contribution is 2.29. The second-order valence-corrected chi connectivity index (χ2v) is 3.94. The molecule has 14 heavy (non-hydrogen) atoms. The molecule has 3 nitrogen and oxygen atoms in total. The monoisotopic (exact) mass is 191 g/mol. The predicted octanol–water partition coefficient (Wildman–Crippen LogP) is 1.27. The van der Waals surface area contributed by atoms with Crippen molar-refractivity contribution in [1.29, 1.82) is 0 Å². The van der Waals surface area contributed by atoms with Crippen molar-refractivity contribution in [3.05, 3.63) is 23.3 Å². The average molecular weight is 191 g/mol. The van der Waals surface area contributed by atoms with E-state index >= 15 is 0 Å². The van der Waals surface area contributed by atoms with Gasteiger partial charge in [-0.25, -0.2) is 0 Å². The summed E-state index contributed by atoms with van der Waals surface area (Å²) in [6.07, 6.45) is 5.48. The van der Waals surface area contributed by atoms with Crippen LogP contribution in [0.1, 0.15) is 19.8 Å². The van der Waals surface area contributed by atoms with Gasteiger partial charge in [0.25, 0.3) is 11.8 Å². The van der Waals surface area contributed by atoms with Gasteiger partial charge in [-0.15, -0.1) is 0 Å². The van der Waals surface area contributed by atoms with Crippen molar-refractivity contribution in [1.82, 2.24) is 4.90 Å². The molecule has 0 spiro atoms. The Hall–Kier alpha value is -1.38. The van der Waals surface area contributed by atoms with Crippen LogP contribution < -0.4 is 0 Å². The number of nitrogens with zero attached hydrogens (tertiary/aromatic N) is 1. The zero-order valence-electron chi connectivity index (χ0n) is 8.41. The lowest BCUT2D eigenvalue weighted by Gasteiger charge is -2.08. The van der Waals surface area contributed by atoms with Gasteiger partial charge in [0.2, 0.25) is 0 Å². The van der Waals surface area contributed by atoms with Gasteiger partial charge in [-0.3, -0.25) is 14.5 Å². The molecule has 2 amide bonds. The second-order valence-electron chi connectivity index (χ2n) is 3.94. The zero-order valence-corrected chi connectivity index (χ0v) is 8.41. The molecule has 1 atom stereocenters. The summed E-state index contributed by atoms with van der Waals surface area (Å²) in [4.78, 5) is 24.4. The number of rotatable bonds is 0. The van der Waals surface area contributed by atoms with Crippen LogP contribution in [-0.2, 0) is 9.59 Å². The molecule has 1 aliphatic carbocycles. The minimum atomic E-state index is -0.157. The molecular formula is C11H13NO2. The van der Waals surface area contributed by atoms with Crippen LogP contribution in [0.4, 0.5) is 0 Å². The normalized spacial score (nSPS) is 27.0. The molecule has 74 valence electrons. The summed E-state index contributed by atoms with van der Waals surface area (Å²) in [5.41, 5.74) is 1.29. The lowest BCUT2D eigenvalue weighted by molar-refractivity contribution is -0.135. The second kappa shape index (κ2) is 3.08. The van der Waals surface area contributed by atoms with Gasteiger partial charge in [-0.2, -0.15) is 0 Å². The first kappa shape index (κ1) is 9.19. The van der Waals surface area contributed by atoms with Crippen molar-refractivity contribution >= 4 is 11.8 Å². The van der Waals surface area contributed by atoms with Gasteiger partial charge in [-0.1, -0.05) is 19.1 Å². The molecule has 2 rings (SSSR count). The van der Waals surface area contributed by atoms with Crippen LogP contribution in [-0.4, -0.2) is 23.8 Å². The number of hydrogen-bond donors (Lipinski definition) is 0. The van der Waals surface area contributed by atoms with Crippen LogP contribution in [0.5, 0.6) is 0 Å². The standard InChI is InChI=1S/C11H13NO2/c1-7-3-5-8-9(6-4-7)11(14)12(2)10(8)13/h3,5,7H,4,6H2,1-2H3. The highest BCUT2D eigenvalue weighted by atomic mass is 16.2. The lowest BCUT2D eigenvalue weighted by Crippen LogP contribution is -2.27. The Kier molecular flexibility index (Phi) is 2.02. The van der Waals surface area contributed by atoms with Gasteiger partial charge in [0, 0.05) is 18.2 Å². The zero-order chi connectivity index (χ0) is 10.3. The summed E-state index contributed by atoms with van der Waals surface area (Å²) in [5.74, 6) is 0.172. The summed E-state index contributed by atoms with van der Waals surface area (Å²) >= 11 is 0. The molecule has 0 aromatic carbocycles. The molecule has 0 radical (unpaired) electrons. The third-order valence-corrected chi connectivity index (χ3v) is 2.86. The van der Waals surface area contributed by atoms with E-state index in [1.54, 1.807) is 6.08 Å². The van der Waals surface area contributed by atoms with Crippen LogP contribution in [0.15, 0.2) is 23.3 Å². The number of hydrogen-bond acceptors (Lipinski definition) is 2. The summed E-state index contributed by atoms with van der Waals surface area (Å²) in [6.45, 7) is 2.09. The molecular weight excluding hydrogens is 178 g/mol. The number of amides is 2. The van der Waals surface area contributed by atoms with Crippen molar-refractivity contribution in [3.8, 4) is 0 Å². The first-order valence-corrected chi connectivity index (χ1v) is 4.85. The van der Waals surface area contributed by atoms with E-state index in [9.17, 15) is 9.59 Å². The molecule has 0 aromatic rings. The quantitative estimate of drug-likeness (QED) is 0.541.